The van der Waals surface area contributed by atoms with Crippen LogP contribution >= 0.6 is 11.6 Å². The molecule has 1 aromatic carbocycles. The minimum absolute atomic E-state index is 0.0235. The average Bonchev–Trinajstić information content (AvgIpc) is 2.77. The molecule has 1 saturated heterocycles. The van der Waals surface area contributed by atoms with Crippen LogP contribution in [-0.2, 0) is 4.74 Å². The van der Waals surface area contributed by atoms with E-state index in [-0.39, 0.29) is 11.0 Å². The molecule has 1 fully saturated rings. The van der Waals surface area contributed by atoms with Crippen LogP contribution in [0, 0.1) is 5.82 Å². The van der Waals surface area contributed by atoms with Gasteiger partial charge in [0.25, 0.3) is 0 Å². The van der Waals surface area contributed by atoms with Crippen molar-refractivity contribution >= 4 is 29.1 Å². The van der Waals surface area contributed by atoms with Crippen LogP contribution in [0.15, 0.2) is 36.8 Å². The van der Waals surface area contributed by atoms with Crippen molar-refractivity contribution in [1.29, 1.82) is 0 Å². The van der Waals surface area contributed by atoms with Gasteiger partial charge in [-0.05, 0) is 18.2 Å². The number of halogens is 2. The zero-order valence-corrected chi connectivity index (χ0v) is 16.4. The minimum Gasteiger partial charge on any atom is -0.467 e. The Morgan fingerprint density at radius 2 is 1.90 bits per heavy atom. The monoisotopic (exact) mass is 416 g/mol. The third-order valence-corrected chi connectivity index (χ3v) is 4.67. The first kappa shape index (κ1) is 19.3. The van der Waals surface area contributed by atoms with Crippen molar-refractivity contribution in [1.82, 2.24) is 19.9 Å². The van der Waals surface area contributed by atoms with E-state index < -0.39 is 5.82 Å². The van der Waals surface area contributed by atoms with Crippen LogP contribution in [0.2, 0.25) is 5.02 Å². The van der Waals surface area contributed by atoms with Crippen molar-refractivity contribution in [3.8, 4) is 17.1 Å². The number of aromatic nitrogens is 4. The molecule has 0 saturated carbocycles. The van der Waals surface area contributed by atoms with Gasteiger partial charge in [0.2, 0.25) is 5.95 Å². The Kier molecular flexibility index (Phi) is 5.68. The predicted octanol–water partition coefficient (Wildman–Crippen LogP) is 3.31. The van der Waals surface area contributed by atoms with Gasteiger partial charge >= 0.3 is 6.01 Å². The van der Waals surface area contributed by atoms with E-state index in [1.807, 2.05) is 0 Å². The number of methoxy groups -OCH3 is 1. The van der Waals surface area contributed by atoms with E-state index in [1.54, 1.807) is 24.7 Å². The molecule has 10 heteroatoms. The highest BCUT2D eigenvalue weighted by molar-refractivity contribution is 6.31. The second kappa shape index (κ2) is 8.54. The zero-order valence-electron chi connectivity index (χ0n) is 15.6. The molecular weight excluding hydrogens is 399 g/mol. The Balaban J connectivity index is 1.69. The van der Waals surface area contributed by atoms with Gasteiger partial charge in [-0.2, -0.15) is 4.98 Å². The van der Waals surface area contributed by atoms with E-state index in [9.17, 15) is 4.39 Å². The van der Waals surface area contributed by atoms with Gasteiger partial charge in [0, 0.05) is 48.5 Å². The first-order valence-corrected chi connectivity index (χ1v) is 9.30. The Labute approximate surface area is 171 Å². The maximum Gasteiger partial charge on any atom is 0.316 e. The maximum atomic E-state index is 13.4. The van der Waals surface area contributed by atoms with E-state index in [0.29, 0.717) is 37.9 Å². The van der Waals surface area contributed by atoms with Gasteiger partial charge in [0.15, 0.2) is 0 Å². The molecule has 3 aromatic rings. The molecule has 1 aliphatic rings. The van der Waals surface area contributed by atoms with Gasteiger partial charge in [0.05, 0.1) is 25.3 Å². The summed E-state index contributed by atoms with van der Waals surface area (Å²) < 4.78 is 23.9. The van der Waals surface area contributed by atoms with Crippen molar-refractivity contribution in [2.45, 2.75) is 0 Å². The Bertz CT molecular complexity index is 998. The van der Waals surface area contributed by atoms with Crippen LogP contribution in [0.3, 0.4) is 0 Å². The number of benzene rings is 1. The molecule has 2 aromatic heterocycles. The highest BCUT2D eigenvalue weighted by Crippen LogP contribution is 2.31. The van der Waals surface area contributed by atoms with Gasteiger partial charge in [0.1, 0.15) is 11.6 Å². The largest absolute Gasteiger partial charge is 0.467 e. The predicted molar refractivity (Wildman–Crippen MR) is 107 cm³/mol. The summed E-state index contributed by atoms with van der Waals surface area (Å²) in [7, 11) is 1.51. The van der Waals surface area contributed by atoms with E-state index in [4.69, 9.17) is 21.1 Å². The van der Waals surface area contributed by atoms with Crippen molar-refractivity contribution in [2.75, 3.05) is 43.6 Å². The Morgan fingerprint density at radius 3 is 2.59 bits per heavy atom. The van der Waals surface area contributed by atoms with Crippen LogP contribution in [-0.4, -0.2) is 53.3 Å². The lowest BCUT2D eigenvalue weighted by Gasteiger charge is -2.29. The number of nitrogens with zero attached hydrogens (tertiary/aromatic N) is 5. The third-order valence-electron chi connectivity index (χ3n) is 4.38. The first-order valence-electron chi connectivity index (χ1n) is 8.92. The van der Waals surface area contributed by atoms with Crippen LogP contribution < -0.4 is 15.0 Å². The van der Waals surface area contributed by atoms with E-state index >= 15 is 0 Å². The Hall–Kier alpha value is -3.04. The van der Waals surface area contributed by atoms with Gasteiger partial charge in [-0.1, -0.05) is 11.6 Å². The molecule has 0 atom stereocenters. The molecule has 1 N–H and O–H groups in total. The quantitative estimate of drug-likeness (QED) is 0.678. The summed E-state index contributed by atoms with van der Waals surface area (Å²) in [5, 5.41) is 3.09. The maximum absolute atomic E-state index is 13.4. The fraction of sp³-hybridized carbons (Fsp3) is 0.263. The van der Waals surface area contributed by atoms with Gasteiger partial charge in [-0.15, -0.1) is 0 Å². The first-order chi connectivity index (χ1) is 14.1. The van der Waals surface area contributed by atoms with Crippen LogP contribution in [0.25, 0.3) is 11.1 Å². The van der Waals surface area contributed by atoms with E-state index in [2.05, 4.69) is 30.2 Å². The molecule has 0 spiro atoms. The molecule has 0 radical (unpaired) electrons. The van der Waals surface area contributed by atoms with E-state index in [0.717, 1.165) is 16.9 Å². The summed E-state index contributed by atoms with van der Waals surface area (Å²) in [5.41, 5.74) is 2.14. The molecular formula is C19H18ClFN6O2. The van der Waals surface area contributed by atoms with Crippen LogP contribution in [0.1, 0.15) is 0 Å². The lowest BCUT2D eigenvalue weighted by atomic mass is 10.1. The third kappa shape index (κ3) is 4.36. The molecule has 29 heavy (non-hydrogen) atoms. The standard InChI is InChI=1S/C19H18ClFN6O2/c1-28-19-23-9-12(10-24-19)14-11-22-18(25-13-2-3-16(21)15(20)8-13)26-17(14)27-4-6-29-7-5-27/h2-3,8-11H,4-7H2,1H3,(H,22,25,26). The topological polar surface area (TPSA) is 85.3 Å². The van der Waals surface area contributed by atoms with Crippen molar-refractivity contribution < 1.29 is 13.9 Å². The summed E-state index contributed by atoms with van der Waals surface area (Å²) in [6.45, 7) is 2.61. The number of hydrogen-bond acceptors (Lipinski definition) is 8. The lowest BCUT2D eigenvalue weighted by molar-refractivity contribution is 0.122. The minimum atomic E-state index is -0.484. The molecule has 4 rings (SSSR count). The average molecular weight is 417 g/mol. The van der Waals surface area contributed by atoms with Crippen LogP contribution in [0.4, 0.5) is 21.8 Å². The lowest BCUT2D eigenvalue weighted by Crippen LogP contribution is -2.37. The molecule has 1 aliphatic heterocycles. The summed E-state index contributed by atoms with van der Waals surface area (Å²) in [4.78, 5) is 19.5. The fourth-order valence-corrected chi connectivity index (χ4v) is 3.10. The molecule has 0 bridgehead atoms. The summed E-state index contributed by atoms with van der Waals surface area (Å²) in [5.74, 6) is 0.613. The van der Waals surface area contributed by atoms with Crippen molar-refractivity contribution in [3.63, 3.8) is 0 Å². The highest BCUT2D eigenvalue weighted by Gasteiger charge is 2.19. The fourth-order valence-electron chi connectivity index (χ4n) is 2.92. The van der Waals surface area contributed by atoms with Crippen molar-refractivity contribution in [2.24, 2.45) is 0 Å². The second-order valence-electron chi connectivity index (χ2n) is 6.24. The number of rotatable bonds is 5. The molecule has 0 amide bonds. The zero-order chi connectivity index (χ0) is 20.2. The van der Waals surface area contributed by atoms with Gasteiger partial charge in [-0.25, -0.2) is 19.3 Å². The summed E-state index contributed by atoms with van der Waals surface area (Å²) in [6, 6.07) is 4.63. The summed E-state index contributed by atoms with van der Waals surface area (Å²) >= 11 is 5.86. The summed E-state index contributed by atoms with van der Waals surface area (Å²) in [6.07, 6.45) is 5.04. The second-order valence-corrected chi connectivity index (χ2v) is 6.65. The number of nitrogens with one attached hydrogen (secondary N) is 1. The number of ether oxygens (including phenoxy) is 2. The molecule has 3 heterocycles. The number of anilines is 3. The van der Waals surface area contributed by atoms with Crippen LogP contribution in [0.5, 0.6) is 6.01 Å². The highest BCUT2D eigenvalue weighted by atomic mass is 35.5. The molecule has 150 valence electrons. The molecule has 8 nitrogen and oxygen atoms in total. The number of hydrogen-bond donors (Lipinski definition) is 1. The number of morpholine rings is 1. The SMILES string of the molecule is COc1ncc(-c2cnc(Nc3ccc(F)c(Cl)c3)nc2N2CCOCC2)cn1. The smallest absolute Gasteiger partial charge is 0.316 e. The Morgan fingerprint density at radius 1 is 1.14 bits per heavy atom. The normalized spacial score (nSPS) is 14.0. The van der Waals surface area contributed by atoms with Crippen molar-refractivity contribution in [3.05, 3.63) is 47.6 Å². The molecule has 0 aliphatic carbocycles. The van der Waals surface area contributed by atoms with Gasteiger partial charge in [-0.3, -0.25) is 0 Å². The molecule has 0 unspecified atom stereocenters. The van der Waals surface area contributed by atoms with Gasteiger partial charge < -0.3 is 19.7 Å². The van der Waals surface area contributed by atoms with E-state index in [1.165, 1.54) is 19.2 Å².